The number of primary amides is 1. The van der Waals surface area contributed by atoms with Crippen LogP contribution in [-0.2, 0) is 14.3 Å². The van der Waals surface area contributed by atoms with Gasteiger partial charge in [0.25, 0.3) is 0 Å². The topological polar surface area (TPSA) is 93.4 Å². The predicted molar refractivity (Wildman–Crippen MR) is 58.6 cm³/mol. The average molecular weight is 229 g/mol. The van der Waals surface area contributed by atoms with Crippen LogP contribution >= 0.6 is 0 Å². The second-order valence-corrected chi connectivity index (χ2v) is 3.88. The first-order valence-corrected chi connectivity index (χ1v) is 5.48. The molecule has 1 fully saturated rings. The largest absolute Gasteiger partial charge is 0.377 e. The number of ether oxygens (including phenoxy) is 1. The summed E-state index contributed by atoms with van der Waals surface area (Å²) >= 11 is 0. The van der Waals surface area contributed by atoms with Crippen LogP contribution in [0.4, 0.5) is 0 Å². The Kier molecular flexibility index (Phi) is 5.21. The number of nitrogens with one attached hydrogen (secondary N) is 2. The van der Waals surface area contributed by atoms with Gasteiger partial charge in [-0.05, 0) is 12.8 Å². The summed E-state index contributed by atoms with van der Waals surface area (Å²) in [6, 6.07) is -0.621. The van der Waals surface area contributed by atoms with Crippen LogP contribution in [-0.4, -0.2) is 44.2 Å². The molecule has 6 heteroatoms. The molecule has 6 nitrogen and oxygen atoms in total. The fourth-order valence-corrected chi connectivity index (χ4v) is 1.64. The van der Waals surface area contributed by atoms with Crippen LogP contribution in [0.5, 0.6) is 0 Å². The van der Waals surface area contributed by atoms with Gasteiger partial charge in [-0.1, -0.05) is 0 Å². The van der Waals surface area contributed by atoms with Crippen LogP contribution in [0.15, 0.2) is 0 Å². The van der Waals surface area contributed by atoms with Crippen LogP contribution in [0.25, 0.3) is 0 Å². The monoisotopic (exact) mass is 229 g/mol. The van der Waals surface area contributed by atoms with Gasteiger partial charge in [-0.2, -0.15) is 0 Å². The molecule has 2 atom stereocenters. The average Bonchev–Trinajstić information content (AvgIpc) is 2.76. The number of nitrogens with two attached hydrogens (primary N) is 1. The molecule has 0 aromatic heterocycles. The lowest BCUT2D eigenvalue weighted by Gasteiger charge is -2.17. The lowest BCUT2D eigenvalue weighted by molar-refractivity contribution is -0.126. The lowest BCUT2D eigenvalue weighted by atomic mass is 10.1. The Bertz CT molecular complexity index is 252. The summed E-state index contributed by atoms with van der Waals surface area (Å²) in [7, 11) is 1.53. The van der Waals surface area contributed by atoms with Crippen molar-refractivity contribution in [2.45, 2.75) is 31.4 Å². The zero-order chi connectivity index (χ0) is 12.0. The molecule has 4 N–H and O–H groups in total. The maximum atomic E-state index is 11.1. The van der Waals surface area contributed by atoms with Crippen molar-refractivity contribution in [1.29, 1.82) is 0 Å². The highest BCUT2D eigenvalue weighted by atomic mass is 16.5. The van der Waals surface area contributed by atoms with Gasteiger partial charge in [0, 0.05) is 20.2 Å². The summed E-state index contributed by atoms with van der Waals surface area (Å²) in [5, 5.41) is 5.43. The van der Waals surface area contributed by atoms with E-state index in [0.29, 0.717) is 6.54 Å². The van der Waals surface area contributed by atoms with E-state index in [0.717, 1.165) is 19.4 Å². The van der Waals surface area contributed by atoms with Crippen LogP contribution in [0.2, 0.25) is 0 Å². The molecule has 2 unspecified atom stereocenters. The molecule has 1 heterocycles. The first kappa shape index (κ1) is 12.9. The molecular formula is C10H19N3O3. The van der Waals surface area contributed by atoms with Crippen LogP contribution < -0.4 is 16.4 Å². The number of hydrogen-bond acceptors (Lipinski definition) is 4. The summed E-state index contributed by atoms with van der Waals surface area (Å²) in [5.41, 5.74) is 5.20. The maximum Gasteiger partial charge on any atom is 0.235 e. The molecular weight excluding hydrogens is 210 g/mol. The fourth-order valence-electron chi connectivity index (χ4n) is 1.64. The molecule has 1 rings (SSSR count). The molecule has 0 spiro atoms. The van der Waals surface area contributed by atoms with Gasteiger partial charge >= 0.3 is 0 Å². The van der Waals surface area contributed by atoms with Crippen molar-refractivity contribution in [3.63, 3.8) is 0 Å². The second kappa shape index (κ2) is 6.44. The standard InChI is InChI=1S/C10H19N3O3/c1-12-9(14)5-8(10(11)15)13-6-7-3-2-4-16-7/h7-8,13H,2-6H2,1H3,(H2,11,15)(H,12,14). The zero-order valence-corrected chi connectivity index (χ0v) is 9.49. The Hall–Kier alpha value is -1.14. The first-order chi connectivity index (χ1) is 7.63. The predicted octanol–water partition coefficient (Wildman–Crippen LogP) is -1.25. The van der Waals surface area contributed by atoms with E-state index in [2.05, 4.69) is 10.6 Å². The number of hydrogen-bond donors (Lipinski definition) is 3. The molecule has 16 heavy (non-hydrogen) atoms. The van der Waals surface area contributed by atoms with Crippen molar-refractivity contribution in [1.82, 2.24) is 10.6 Å². The minimum Gasteiger partial charge on any atom is -0.377 e. The SMILES string of the molecule is CNC(=O)CC(NCC1CCCO1)C(N)=O. The molecule has 92 valence electrons. The molecule has 0 aromatic rings. The third-order valence-electron chi connectivity index (χ3n) is 2.63. The van der Waals surface area contributed by atoms with Crippen molar-refractivity contribution in [2.75, 3.05) is 20.2 Å². The van der Waals surface area contributed by atoms with E-state index in [-0.39, 0.29) is 18.4 Å². The Morgan fingerprint density at radius 2 is 2.31 bits per heavy atom. The lowest BCUT2D eigenvalue weighted by Crippen LogP contribution is -2.46. The zero-order valence-electron chi connectivity index (χ0n) is 9.49. The Balaban J connectivity index is 2.32. The smallest absolute Gasteiger partial charge is 0.235 e. The van der Waals surface area contributed by atoms with Gasteiger partial charge < -0.3 is 21.1 Å². The van der Waals surface area contributed by atoms with E-state index < -0.39 is 11.9 Å². The number of rotatable bonds is 6. The highest BCUT2D eigenvalue weighted by Crippen LogP contribution is 2.10. The van der Waals surface area contributed by atoms with E-state index >= 15 is 0 Å². The van der Waals surface area contributed by atoms with E-state index in [9.17, 15) is 9.59 Å². The van der Waals surface area contributed by atoms with E-state index in [1.807, 2.05) is 0 Å². The number of carbonyl (C=O) groups is 2. The van der Waals surface area contributed by atoms with Crippen LogP contribution in [0.1, 0.15) is 19.3 Å². The van der Waals surface area contributed by atoms with Crippen LogP contribution in [0, 0.1) is 0 Å². The van der Waals surface area contributed by atoms with Gasteiger partial charge in [0.2, 0.25) is 11.8 Å². The Morgan fingerprint density at radius 3 is 2.81 bits per heavy atom. The van der Waals surface area contributed by atoms with Crippen molar-refractivity contribution in [3.8, 4) is 0 Å². The van der Waals surface area contributed by atoms with Crippen molar-refractivity contribution in [3.05, 3.63) is 0 Å². The molecule has 0 aliphatic carbocycles. The van der Waals surface area contributed by atoms with Gasteiger partial charge in [0.15, 0.2) is 0 Å². The van der Waals surface area contributed by atoms with Crippen molar-refractivity contribution < 1.29 is 14.3 Å². The fraction of sp³-hybridized carbons (Fsp3) is 0.800. The highest BCUT2D eigenvalue weighted by molar-refractivity contribution is 5.87. The molecule has 1 aliphatic heterocycles. The summed E-state index contributed by atoms with van der Waals surface area (Å²) in [4.78, 5) is 22.2. The summed E-state index contributed by atoms with van der Waals surface area (Å²) < 4.78 is 5.40. The van der Waals surface area contributed by atoms with Crippen molar-refractivity contribution in [2.24, 2.45) is 5.73 Å². The highest BCUT2D eigenvalue weighted by Gasteiger charge is 2.21. The third kappa shape index (κ3) is 4.16. The molecule has 0 bridgehead atoms. The van der Waals surface area contributed by atoms with E-state index in [1.165, 1.54) is 7.05 Å². The quantitative estimate of drug-likeness (QED) is 0.530. The Morgan fingerprint density at radius 1 is 1.56 bits per heavy atom. The van der Waals surface area contributed by atoms with Gasteiger partial charge in [-0.3, -0.25) is 9.59 Å². The van der Waals surface area contributed by atoms with E-state index in [1.54, 1.807) is 0 Å². The summed E-state index contributed by atoms with van der Waals surface area (Å²) in [5.74, 6) is -0.717. The third-order valence-corrected chi connectivity index (χ3v) is 2.63. The van der Waals surface area contributed by atoms with Crippen molar-refractivity contribution >= 4 is 11.8 Å². The molecule has 0 radical (unpaired) electrons. The maximum absolute atomic E-state index is 11.1. The van der Waals surface area contributed by atoms with Gasteiger partial charge in [-0.15, -0.1) is 0 Å². The molecule has 1 saturated heterocycles. The normalized spacial score (nSPS) is 21.7. The number of amides is 2. The van der Waals surface area contributed by atoms with Gasteiger partial charge in [-0.25, -0.2) is 0 Å². The number of carbonyl (C=O) groups excluding carboxylic acids is 2. The van der Waals surface area contributed by atoms with Crippen LogP contribution in [0.3, 0.4) is 0 Å². The molecule has 0 aromatic carbocycles. The molecule has 0 saturated carbocycles. The molecule has 2 amide bonds. The first-order valence-electron chi connectivity index (χ1n) is 5.48. The van der Waals surface area contributed by atoms with E-state index in [4.69, 9.17) is 10.5 Å². The second-order valence-electron chi connectivity index (χ2n) is 3.88. The Labute approximate surface area is 94.9 Å². The summed E-state index contributed by atoms with van der Waals surface area (Å²) in [6.07, 6.45) is 2.23. The van der Waals surface area contributed by atoms with Gasteiger partial charge in [0.1, 0.15) is 0 Å². The van der Waals surface area contributed by atoms with Gasteiger partial charge in [0.05, 0.1) is 18.6 Å². The summed E-state index contributed by atoms with van der Waals surface area (Å²) in [6.45, 7) is 1.33. The molecule has 1 aliphatic rings. The minimum absolute atomic E-state index is 0.0680. The minimum atomic E-state index is -0.621.